The minimum atomic E-state index is -0.235. The fraction of sp³-hybridized carbons (Fsp3) is 0.600. The van der Waals surface area contributed by atoms with E-state index in [0.29, 0.717) is 12.6 Å². The van der Waals surface area contributed by atoms with Crippen LogP contribution in [-0.4, -0.2) is 53.4 Å². The van der Waals surface area contributed by atoms with Gasteiger partial charge in [0.05, 0.1) is 12.0 Å². The van der Waals surface area contributed by atoms with Gasteiger partial charge in [-0.1, -0.05) is 49.1 Å². The van der Waals surface area contributed by atoms with Crippen molar-refractivity contribution in [2.75, 3.05) is 13.1 Å². The van der Waals surface area contributed by atoms with E-state index in [2.05, 4.69) is 57.4 Å². The number of thioether (sulfide) groups is 1. The second kappa shape index (κ2) is 9.57. The second-order valence-corrected chi connectivity index (χ2v) is 10.7. The summed E-state index contributed by atoms with van der Waals surface area (Å²) in [5.74, 6) is 0.265. The molecule has 3 N–H and O–H groups in total. The molecule has 5 rings (SSSR count). The van der Waals surface area contributed by atoms with Crippen LogP contribution in [0.1, 0.15) is 56.1 Å². The van der Waals surface area contributed by atoms with Crippen molar-refractivity contribution < 1.29 is 9.59 Å². The molecule has 3 aliphatic heterocycles. The van der Waals surface area contributed by atoms with Crippen LogP contribution in [0.15, 0.2) is 29.7 Å². The first-order valence-corrected chi connectivity index (χ1v) is 13.1. The van der Waals surface area contributed by atoms with Gasteiger partial charge in [0, 0.05) is 19.1 Å². The van der Waals surface area contributed by atoms with Gasteiger partial charge in [0.2, 0.25) is 11.8 Å². The third-order valence-electron chi connectivity index (χ3n) is 7.38. The van der Waals surface area contributed by atoms with Gasteiger partial charge in [-0.2, -0.15) is 0 Å². The molecule has 1 aromatic rings. The number of hydrogen-bond donors (Lipinski definition) is 3. The lowest BCUT2D eigenvalue weighted by Crippen LogP contribution is -2.69. The quantitative estimate of drug-likeness (QED) is 0.652. The predicted molar refractivity (Wildman–Crippen MR) is 129 cm³/mol. The van der Waals surface area contributed by atoms with E-state index in [-0.39, 0.29) is 35.3 Å². The Morgan fingerprint density at radius 1 is 1.09 bits per heavy atom. The molecule has 6 nitrogen and oxygen atoms in total. The fourth-order valence-corrected chi connectivity index (χ4v) is 6.64. The largest absolute Gasteiger partial charge is 0.353 e. The van der Waals surface area contributed by atoms with Gasteiger partial charge in [-0.05, 0) is 49.2 Å². The molecular weight excluding hydrogens is 420 g/mol. The van der Waals surface area contributed by atoms with Crippen molar-refractivity contribution in [3.05, 3.63) is 40.8 Å². The summed E-state index contributed by atoms with van der Waals surface area (Å²) >= 11 is 1.60. The fourth-order valence-electron chi connectivity index (χ4n) is 5.49. The smallest absolute Gasteiger partial charge is 0.237 e. The molecule has 1 saturated carbocycles. The highest BCUT2D eigenvalue weighted by Gasteiger charge is 2.44. The predicted octanol–water partition coefficient (Wildman–Crippen LogP) is 2.98. The summed E-state index contributed by atoms with van der Waals surface area (Å²) in [5, 5.41) is 12.2. The van der Waals surface area contributed by atoms with Gasteiger partial charge in [-0.3, -0.25) is 19.8 Å². The molecule has 2 saturated heterocycles. The number of nitrogens with one attached hydrogen (secondary N) is 3. The molecule has 7 heteroatoms. The van der Waals surface area contributed by atoms with Crippen LogP contribution >= 0.6 is 11.8 Å². The van der Waals surface area contributed by atoms with E-state index in [0.717, 1.165) is 32.2 Å². The van der Waals surface area contributed by atoms with Crippen molar-refractivity contribution in [1.29, 1.82) is 0 Å². The number of hydrogen-bond acceptors (Lipinski definition) is 5. The number of benzene rings is 1. The third kappa shape index (κ3) is 4.61. The molecule has 3 heterocycles. The Labute approximate surface area is 195 Å². The van der Waals surface area contributed by atoms with Crippen LogP contribution in [-0.2, 0) is 9.59 Å². The number of carbonyl (C=O) groups is 2. The zero-order chi connectivity index (χ0) is 22.1. The van der Waals surface area contributed by atoms with E-state index in [4.69, 9.17) is 0 Å². The summed E-state index contributed by atoms with van der Waals surface area (Å²) in [5.41, 5.74) is 3.58. The maximum atomic E-state index is 12.9. The average Bonchev–Trinajstić information content (AvgIpc) is 3.25. The van der Waals surface area contributed by atoms with Crippen molar-refractivity contribution in [1.82, 2.24) is 20.9 Å². The van der Waals surface area contributed by atoms with Gasteiger partial charge in [0.15, 0.2) is 0 Å². The molecule has 0 bridgehead atoms. The monoisotopic (exact) mass is 454 g/mol. The Bertz CT molecular complexity index is 880. The first-order valence-electron chi connectivity index (χ1n) is 12.1. The highest BCUT2D eigenvalue weighted by molar-refractivity contribution is 8.04. The first-order chi connectivity index (χ1) is 15.6. The topological polar surface area (TPSA) is 73.5 Å². The summed E-state index contributed by atoms with van der Waals surface area (Å²) in [6.07, 6.45) is 7.60. The summed E-state index contributed by atoms with van der Waals surface area (Å²) in [6, 6.07) is 8.85. The van der Waals surface area contributed by atoms with Crippen molar-refractivity contribution in [3.8, 4) is 0 Å². The summed E-state index contributed by atoms with van der Waals surface area (Å²) in [7, 11) is 0. The molecule has 172 valence electrons. The Morgan fingerprint density at radius 3 is 2.66 bits per heavy atom. The molecule has 4 atom stereocenters. The Morgan fingerprint density at radius 2 is 1.88 bits per heavy atom. The number of rotatable bonds is 4. The molecule has 32 heavy (non-hydrogen) atoms. The van der Waals surface area contributed by atoms with Gasteiger partial charge in [-0.25, -0.2) is 0 Å². The van der Waals surface area contributed by atoms with Gasteiger partial charge in [-0.15, -0.1) is 11.8 Å². The van der Waals surface area contributed by atoms with E-state index in [1.54, 1.807) is 11.8 Å². The normalized spacial score (nSPS) is 31.5. The molecule has 0 radical (unpaired) electrons. The van der Waals surface area contributed by atoms with Crippen molar-refractivity contribution in [2.24, 2.45) is 5.92 Å². The van der Waals surface area contributed by atoms with Crippen LogP contribution in [0.25, 0.3) is 5.57 Å². The van der Waals surface area contributed by atoms with Crippen LogP contribution in [0.2, 0.25) is 0 Å². The number of piperidine rings is 1. The molecule has 4 aliphatic rings. The summed E-state index contributed by atoms with van der Waals surface area (Å²) in [4.78, 5) is 28.1. The van der Waals surface area contributed by atoms with Crippen LogP contribution in [0.5, 0.6) is 0 Å². The van der Waals surface area contributed by atoms with Crippen LogP contribution in [0.3, 0.4) is 0 Å². The number of aryl methyl sites for hydroxylation is 1. The standard InChI is InChI=1S/C25H34N4O2S/c1-16-9-11-17(12-10-16)20-15-32-22-21(20)27-25(28-24(22)31)29-13-5-6-18(14-29)23(30)26-19-7-3-2-4-8-19/h9-12,15,18-19,21-22,25,27H,2-8,13-14H2,1H3,(H,26,30)(H,28,31). The van der Waals surface area contributed by atoms with Crippen molar-refractivity contribution >= 4 is 29.1 Å². The molecule has 2 amide bonds. The number of likely N-dealkylation sites (tertiary alicyclic amines) is 1. The lowest BCUT2D eigenvalue weighted by atomic mass is 9.92. The first kappa shape index (κ1) is 22.0. The van der Waals surface area contributed by atoms with E-state index < -0.39 is 0 Å². The minimum Gasteiger partial charge on any atom is -0.353 e. The number of amides is 2. The van der Waals surface area contributed by atoms with Crippen molar-refractivity contribution in [3.63, 3.8) is 0 Å². The van der Waals surface area contributed by atoms with Gasteiger partial charge < -0.3 is 10.6 Å². The second-order valence-electron chi connectivity index (χ2n) is 9.73. The van der Waals surface area contributed by atoms with Crippen LogP contribution in [0, 0.1) is 12.8 Å². The zero-order valence-electron chi connectivity index (χ0n) is 18.8. The van der Waals surface area contributed by atoms with Crippen molar-refractivity contribution in [2.45, 2.75) is 75.5 Å². The molecule has 3 fully saturated rings. The maximum Gasteiger partial charge on any atom is 0.237 e. The van der Waals surface area contributed by atoms with Gasteiger partial charge in [0.1, 0.15) is 11.5 Å². The van der Waals surface area contributed by atoms with E-state index >= 15 is 0 Å². The summed E-state index contributed by atoms with van der Waals surface area (Å²) in [6.45, 7) is 3.66. The van der Waals surface area contributed by atoms with E-state index in [1.165, 1.54) is 36.0 Å². The number of carbonyl (C=O) groups excluding carboxylic acids is 2. The van der Waals surface area contributed by atoms with Gasteiger partial charge in [0.25, 0.3) is 0 Å². The molecule has 4 unspecified atom stereocenters. The maximum absolute atomic E-state index is 12.9. The zero-order valence-corrected chi connectivity index (χ0v) is 19.6. The molecular formula is C25H34N4O2S. The Kier molecular flexibility index (Phi) is 6.58. The van der Waals surface area contributed by atoms with Gasteiger partial charge >= 0.3 is 0 Å². The Balaban J connectivity index is 1.24. The number of nitrogens with zero attached hydrogens (tertiary/aromatic N) is 1. The van der Waals surface area contributed by atoms with E-state index in [9.17, 15) is 9.59 Å². The van der Waals surface area contributed by atoms with Crippen LogP contribution in [0.4, 0.5) is 0 Å². The van der Waals surface area contributed by atoms with E-state index in [1.807, 2.05) is 0 Å². The lowest BCUT2D eigenvalue weighted by Gasteiger charge is -2.43. The molecule has 1 aliphatic carbocycles. The summed E-state index contributed by atoms with van der Waals surface area (Å²) < 4.78 is 0. The number of fused-ring (bicyclic) bond motifs is 1. The SMILES string of the molecule is Cc1ccc(C2=CSC3C(=O)NC(N4CCCC(C(=O)NC5CCCCC5)C4)NC23)cc1. The minimum absolute atomic E-state index is 0.00725. The third-order valence-corrected chi connectivity index (χ3v) is 8.55. The molecule has 0 aromatic heterocycles. The Hall–Kier alpha value is -1.83. The molecule has 1 aromatic carbocycles. The highest BCUT2D eigenvalue weighted by atomic mass is 32.2. The highest BCUT2D eigenvalue weighted by Crippen LogP contribution is 2.38. The lowest BCUT2D eigenvalue weighted by molar-refractivity contribution is -0.129. The molecule has 0 spiro atoms. The average molecular weight is 455 g/mol. The van der Waals surface area contributed by atoms with Crippen LogP contribution < -0.4 is 16.0 Å².